The Morgan fingerprint density at radius 2 is 0.988 bits per heavy atom. The molecule has 0 bridgehead atoms. The van der Waals surface area contributed by atoms with E-state index in [4.69, 9.17) is 51.9 Å². The molecule has 0 unspecified atom stereocenters. The molecule has 2 aliphatic rings. The van der Waals surface area contributed by atoms with Crippen molar-refractivity contribution in [3.63, 3.8) is 0 Å². The second-order valence-electron chi connectivity index (χ2n) is 19.7. The summed E-state index contributed by atoms with van der Waals surface area (Å²) < 4.78 is 25.4. The number of likely N-dealkylation sites (tertiary alicyclic amines) is 2. The van der Waals surface area contributed by atoms with Gasteiger partial charge in [0, 0.05) is 62.5 Å². The van der Waals surface area contributed by atoms with Crippen LogP contribution in [0.25, 0.3) is 43.3 Å². The normalized spacial score (nSPS) is 14.6. The molecule has 0 spiro atoms. The van der Waals surface area contributed by atoms with Crippen LogP contribution in [0.5, 0.6) is 0 Å². The Bertz CT molecular complexity index is 3330. The largest absolute Gasteiger partial charge is 0.479 e. The minimum absolute atomic E-state index is 0.0135. The summed E-state index contributed by atoms with van der Waals surface area (Å²) in [6.07, 6.45) is 3.33. The number of piperidine rings is 2. The highest BCUT2D eigenvalue weighted by molar-refractivity contribution is 7.19. The second-order valence-corrected chi connectivity index (χ2v) is 23.1. The highest BCUT2D eigenvalue weighted by Gasteiger charge is 2.29. The first-order valence-electron chi connectivity index (χ1n) is 25.7. The molecular formula is C54H56Cl2N10O12S2. The number of rotatable bonds is 18. The molecule has 0 atom stereocenters. The number of carbonyl (C=O) groups is 6. The van der Waals surface area contributed by atoms with Gasteiger partial charge < -0.3 is 58.3 Å². The molecule has 420 valence electrons. The van der Waals surface area contributed by atoms with Gasteiger partial charge in [0.2, 0.25) is 0 Å². The number of aliphatic carboxylic acids is 2. The molecule has 0 saturated carbocycles. The third-order valence-corrected chi connectivity index (χ3v) is 16.1. The summed E-state index contributed by atoms with van der Waals surface area (Å²) in [7, 11) is 0. The lowest BCUT2D eigenvalue weighted by molar-refractivity contribution is -0.141. The topological polar surface area (TPSA) is 280 Å². The van der Waals surface area contributed by atoms with Crippen molar-refractivity contribution in [1.82, 2.24) is 49.8 Å². The molecule has 8 heterocycles. The molecule has 8 aromatic rings. The Morgan fingerprint density at radius 3 is 1.32 bits per heavy atom. The summed E-state index contributed by atoms with van der Waals surface area (Å²) >= 11 is 14.9. The maximum absolute atomic E-state index is 13.5. The smallest absolute Gasteiger partial charge is 0.341 e. The first-order valence-corrected chi connectivity index (χ1v) is 28.1. The van der Waals surface area contributed by atoms with Crippen molar-refractivity contribution in [2.24, 2.45) is 0 Å². The SMILES string of the molecule is CC(C)N1CCC(NC(=O)c2nc3cc(C(=O)OCC(=O)O)ccc3n2Cc2cc(-c3ccc(Cl)s3)on2)CC1.CC(C)N1CCC(NC(=O)c2nc3cc(C(=O)OCC(=O)O)ccc3n2Cc2cc(-c3ccc(Cl)s3)on2)CC1. The van der Waals surface area contributed by atoms with E-state index >= 15 is 0 Å². The number of amides is 2. The molecule has 2 saturated heterocycles. The molecule has 22 nitrogen and oxygen atoms in total. The minimum atomic E-state index is -1.26. The van der Waals surface area contributed by atoms with Crippen LogP contribution in [0.1, 0.15) is 107 Å². The number of halogens is 2. The molecular weight excluding hydrogens is 1120 g/mol. The maximum Gasteiger partial charge on any atom is 0.341 e. The summed E-state index contributed by atoms with van der Waals surface area (Å²) in [6, 6.07) is 21.0. The maximum atomic E-state index is 13.5. The van der Waals surface area contributed by atoms with E-state index in [1.807, 2.05) is 12.1 Å². The standard InChI is InChI=1S/2C27H28ClN5O6S/c2*1-15(2)32-9-7-17(8-10-32)29-26(36)25-30-19-11-16(27(37)38-14-24(34)35)3-4-20(19)33(25)13-18-12-21(39-31-18)22-5-6-23(28)40-22/h2*3-6,11-12,15,17H,7-10,13-14H2,1-2H3,(H,29,36)(H,34,35). The lowest BCUT2D eigenvalue weighted by atomic mass is 10.0. The first-order chi connectivity index (χ1) is 38.3. The number of aromatic nitrogens is 6. The van der Waals surface area contributed by atoms with E-state index in [0.717, 1.165) is 61.6 Å². The Morgan fingerprint density at radius 1 is 0.600 bits per heavy atom. The van der Waals surface area contributed by atoms with Gasteiger partial charge in [0.1, 0.15) is 11.4 Å². The van der Waals surface area contributed by atoms with Crippen molar-refractivity contribution >= 4 is 104 Å². The van der Waals surface area contributed by atoms with Crippen molar-refractivity contribution in [1.29, 1.82) is 0 Å². The fourth-order valence-electron chi connectivity index (χ4n) is 9.44. The zero-order valence-corrected chi connectivity index (χ0v) is 47.0. The van der Waals surface area contributed by atoms with E-state index < -0.39 is 37.1 Å². The molecule has 2 fully saturated rings. The van der Waals surface area contributed by atoms with Gasteiger partial charge in [-0.2, -0.15) is 0 Å². The molecule has 10 rings (SSSR count). The van der Waals surface area contributed by atoms with Gasteiger partial charge in [0.05, 0.1) is 64.7 Å². The number of carbonyl (C=O) groups excluding carboxylic acids is 4. The van der Waals surface area contributed by atoms with Gasteiger partial charge in [0.15, 0.2) is 36.4 Å². The lowest BCUT2D eigenvalue weighted by Crippen LogP contribution is -2.47. The predicted molar refractivity (Wildman–Crippen MR) is 298 cm³/mol. The van der Waals surface area contributed by atoms with Crippen LogP contribution >= 0.6 is 45.9 Å². The van der Waals surface area contributed by atoms with Crippen LogP contribution in [0.15, 0.2) is 81.8 Å². The first kappa shape index (κ1) is 57.2. The van der Waals surface area contributed by atoms with Crippen LogP contribution in [-0.2, 0) is 32.2 Å². The van der Waals surface area contributed by atoms with Crippen LogP contribution in [0.2, 0.25) is 8.67 Å². The van der Waals surface area contributed by atoms with Crippen LogP contribution in [0.4, 0.5) is 0 Å². The fraction of sp³-hybridized carbons (Fsp3) is 0.370. The quantitative estimate of drug-likeness (QED) is 0.0585. The van der Waals surface area contributed by atoms with Crippen molar-refractivity contribution < 1.29 is 57.5 Å². The summed E-state index contributed by atoms with van der Waals surface area (Å²) in [4.78, 5) is 88.9. The number of hydrogen-bond donors (Lipinski definition) is 4. The molecule has 4 N–H and O–H groups in total. The average molecular weight is 1170 g/mol. The molecule has 2 aliphatic heterocycles. The van der Waals surface area contributed by atoms with Gasteiger partial charge in [-0.1, -0.05) is 33.5 Å². The molecule has 0 radical (unpaired) electrons. The van der Waals surface area contributed by atoms with Crippen LogP contribution < -0.4 is 10.6 Å². The van der Waals surface area contributed by atoms with Crippen molar-refractivity contribution in [2.45, 2.75) is 90.6 Å². The molecule has 26 heteroatoms. The summed E-state index contributed by atoms with van der Waals surface area (Å²) in [5.41, 5.74) is 3.37. The number of ether oxygens (including phenoxy) is 2. The van der Waals surface area contributed by atoms with E-state index in [0.29, 0.717) is 65.7 Å². The summed E-state index contributed by atoms with van der Waals surface area (Å²) in [6.45, 7) is 11.1. The molecule has 80 heavy (non-hydrogen) atoms. The van der Waals surface area contributed by atoms with Crippen molar-refractivity contribution in [3.8, 4) is 21.3 Å². The zero-order valence-electron chi connectivity index (χ0n) is 43.8. The zero-order chi connectivity index (χ0) is 56.8. The Labute approximate surface area is 475 Å². The van der Waals surface area contributed by atoms with Crippen molar-refractivity contribution in [2.75, 3.05) is 39.4 Å². The number of imidazole rings is 2. The molecule has 2 amide bonds. The van der Waals surface area contributed by atoms with E-state index in [-0.39, 0.29) is 59.8 Å². The van der Waals surface area contributed by atoms with Crippen molar-refractivity contribution in [3.05, 3.63) is 116 Å². The highest BCUT2D eigenvalue weighted by Crippen LogP contribution is 2.34. The summed E-state index contributed by atoms with van der Waals surface area (Å²) in [5.74, 6) is -3.31. The van der Waals surface area contributed by atoms with Gasteiger partial charge in [-0.3, -0.25) is 9.59 Å². The van der Waals surface area contributed by atoms with Crippen LogP contribution in [0.3, 0.4) is 0 Å². The lowest BCUT2D eigenvalue weighted by Gasteiger charge is -2.34. The number of fused-ring (bicyclic) bond motifs is 2. The number of thiophene rings is 2. The Kier molecular flexibility index (Phi) is 18.1. The number of nitrogens with zero attached hydrogens (tertiary/aromatic N) is 8. The number of hydrogen-bond acceptors (Lipinski definition) is 18. The molecule has 6 aromatic heterocycles. The van der Waals surface area contributed by atoms with E-state index in [1.165, 1.54) is 46.9 Å². The third kappa shape index (κ3) is 13.9. The third-order valence-electron chi connectivity index (χ3n) is 13.6. The van der Waals surface area contributed by atoms with Gasteiger partial charge in [-0.25, -0.2) is 29.1 Å². The van der Waals surface area contributed by atoms with E-state index in [2.05, 4.69) is 68.4 Å². The molecule has 0 aliphatic carbocycles. The molecule has 2 aromatic carbocycles. The van der Waals surface area contributed by atoms with Gasteiger partial charge in [-0.15, -0.1) is 22.7 Å². The monoisotopic (exact) mass is 1170 g/mol. The number of esters is 2. The van der Waals surface area contributed by atoms with Gasteiger partial charge in [-0.05, 0) is 114 Å². The minimum Gasteiger partial charge on any atom is -0.479 e. The van der Waals surface area contributed by atoms with Gasteiger partial charge in [0.25, 0.3) is 11.8 Å². The van der Waals surface area contributed by atoms with Gasteiger partial charge >= 0.3 is 23.9 Å². The number of carboxylic acids is 2. The summed E-state index contributed by atoms with van der Waals surface area (Å²) in [5, 5.41) is 32.2. The Balaban J connectivity index is 0.000000194. The van der Waals surface area contributed by atoms with E-state index in [1.54, 1.807) is 45.5 Å². The predicted octanol–water partition coefficient (Wildman–Crippen LogP) is 8.60. The number of benzene rings is 2. The van der Waals surface area contributed by atoms with E-state index in [9.17, 15) is 28.8 Å². The Hall–Kier alpha value is -7.48. The average Bonchev–Trinajstić information content (AvgIpc) is 4.41. The number of carboxylic acid groups (broad SMARTS) is 2. The number of nitrogens with one attached hydrogen (secondary N) is 2. The van der Waals surface area contributed by atoms with Crippen LogP contribution in [-0.4, -0.2) is 149 Å². The fourth-order valence-corrected chi connectivity index (χ4v) is 11.4. The highest BCUT2D eigenvalue weighted by atomic mass is 35.5. The second kappa shape index (κ2) is 25.3. The van der Waals surface area contributed by atoms with Crippen LogP contribution in [0, 0.1) is 0 Å².